The van der Waals surface area contributed by atoms with Crippen molar-refractivity contribution in [1.29, 1.82) is 0 Å². The van der Waals surface area contributed by atoms with Crippen molar-refractivity contribution in [2.75, 3.05) is 13.2 Å². The predicted octanol–water partition coefficient (Wildman–Crippen LogP) is 6.66. The fourth-order valence-electron chi connectivity index (χ4n) is 5.35. The molecule has 6 nitrogen and oxygen atoms in total. The molecule has 0 aliphatic heterocycles. The number of aromatic nitrogens is 1. The molecule has 2 N–H and O–H groups in total. The lowest BCUT2D eigenvalue weighted by molar-refractivity contribution is -0.149. The fourth-order valence-corrected chi connectivity index (χ4v) is 5.47. The number of carbonyl (C=O) groups excluding carboxylic acids is 2. The normalized spacial score (nSPS) is 18.4. The van der Waals surface area contributed by atoms with Gasteiger partial charge in [0, 0.05) is 19.2 Å². The summed E-state index contributed by atoms with van der Waals surface area (Å²) >= 11 is 6.06. The Kier molecular flexibility index (Phi) is 9.53. The van der Waals surface area contributed by atoms with E-state index in [0.717, 1.165) is 18.6 Å². The highest BCUT2D eigenvalue weighted by Crippen LogP contribution is 2.38. The van der Waals surface area contributed by atoms with Crippen molar-refractivity contribution in [3.63, 3.8) is 0 Å². The van der Waals surface area contributed by atoms with Crippen LogP contribution in [0.5, 0.6) is 0 Å². The number of halogens is 5. The van der Waals surface area contributed by atoms with E-state index in [0.29, 0.717) is 24.5 Å². The molecular formula is C30H30ClF4N3O3. The van der Waals surface area contributed by atoms with Crippen LogP contribution in [-0.4, -0.2) is 30.1 Å². The van der Waals surface area contributed by atoms with Crippen molar-refractivity contribution in [2.45, 2.75) is 44.3 Å². The molecule has 2 amide bonds. The van der Waals surface area contributed by atoms with Crippen LogP contribution in [0.15, 0.2) is 66.9 Å². The summed E-state index contributed by atoms with van der Waals surface area (Å²) in [4.78, 5) is 30.2. The molecule has 0 spiro atoms. The van der Waals surface area contributed by atoms with E-state index in [1.54, 1.807) is 37.3 Å². The monoisotopic (exact) mass is 591 g/mol. The van der Waals surface area contributed by atoms with E-state index in [4.69, 9.17) is 16.3 Å². The molecule has 1 aromatic heterocycles. The van der Waals surface area contributed by atoms with Crippen LogP contribution < -0.4 is 10.6 Å². The summed E-state index contributed by atoms with van der Waals surface area (Å²) in [6, 6.07) is 13.2. The first-order valence-electron chi connectivity index (χ1n) is 13.3. The van der Waals surface area contributed by atoms with Crippen LogP contribution in [0.2, 0.25) is 5.02 Å². The van der Waals surface area contributed by atoms with Crippen LogP contribution in [0.4, 0.5) is 22.4 Å². The molecule has 3 aromatic rings. The zero-order chi connectivity index (χ0) is 29.6. The molecular weight excluding hydrogens is 562 g/mol. The minimum absolute atomic E-state index is 0.0501. The van der Waals surface area contributed by atoms with Crippen molar-refractivity contribution in [2.24, 2.45) is 11.8 Å². The average molecular weight is 592 g/mol. The lowest BCUT2D eigenvalue weighted by atomic mass is 9.79. The van der Waals surface area contributed by atoms with E-state index in [1.165, 1.54) is 18.3 Å². The Hall–Kier alpha value is -3.66. The van der Waals surface area contributed by atoms with E-state index < -0.39 is 29.1 Å². The second-order valence-corrected chi connectivity index (χ2v) is 10.5. The summed E-state index contributed by atoms with van der Waals surface area (Å²) < 4.78 is 61.3. The molecule has 3 atom stereocenters. The summed E-state index contributed by atoms with van der Waals surface area (Å²) in [6.07, 6.45) is -1.43. The molecule has 0 saturated heterocycles. The van der Waals surface area contributed by atoms with Gasteiger partial charge in [0.1, 0.15) is 11.4 Å². The van der Waals surface area contributed by atoms with Gasteiger partial charge in [0.2, 0.25) is 0 Å². The number of pyridine rings is 1. The lowest BCUT2D eigenvalue weighted by Gasteiger charge is -2.36. The lowest BCUT2D eigenvalue weighted by Crippen LogP contribution is -2.53. The number of carbonyl (C=O) groups is 2. The van der Waals surface area contributed by atoms with Gasteiger partial charge in [-0.3, -0.25) is 9.78 Å². The largest absolute Gasteiger partial charge is 0.466 e. The van der Waals surface area contributed by atoms with Crippen molar-refractivity contribution < 1.29 is 31.9 Å². The summed E-state index contributed by atoms with van der Waals surface area (Å²) in [5, 5.41) is 5.87. The van der Waals surface area contributed by atoms with Crippen molar-refractivity contribution in [3.8, 4) is 0 Å². The molecule has 0 bridgehead atoms. The Morgan fingerprint density at radius 3 is 2.44 bits per heavy atom. The number of esters is 1. The average Bonchev–Trinajstić information content (AvgIpc) is 3.41. The Morgan fingerprint density at radius 1 is 1.05 bits per heavy atom. The summed E-state index contributed by atoms with van der Waals surface area (Å²) in [6.45, 7) is 2.11. The van der Waals surface area contributed by atoms with Gasteiger partial charge in [-0.15, -0.1) is 0 Å². The van der Waals surface area contributed by atoms with Gasteiger partial charge in [0.05, 0.1) is 28.8 Å². The first-order chi connectivity index (χ1) is 19.5. The Balaban J connectivity index is 1.75. The van der Waals surface area contributed by atoms with E-state index in [1.807, 2.05) is 0 Å². The van der Waals surface area contributed by atoms with Gasteiger partial charge < -0.3 is 15.4 Å². The number of alkyl halides is 3. The first-order valence-corrected chi connectivity index (χ1v) is 13.7. The van der Waals surface area contributed by atoms with Crippen LogP contribution in [0, 0.1) is 17.7 Å². The number of nitrogens with zero attached hydrogens (tertiary/aromatic N) is 1. The highest BCUT2D eigenvalue weighted by atomic mass is 35.5. The Labute approximate surface area is 240 Å². The van der Waals surface area contributed by atoms with Crippen molar-refractivity contribution >= 4 is 23.6 Å². The molecule has 41 heavy (non-hydrogen) atoms. The molecule has 11 heteroatoms. The van der Waals surface area contributed by atoms with Gasteiger partial charge in [-0.25, -0.2) is 9.18 Å². The highest BCUT2D eigenvalue weighted by Gasteiger charge is 2.41. The number of rotatable bonds is 9. The summed E-state index contributed by atoms with van der Waals surface area (Å²) in [5.74, 6) is -1.96. The molecule has 1 fully saturated rings. The third-order valence-corrected chi connectivity index (χ3v) is 7.52. The van der Waals surface area contributed by atoms with Crippen LogP contribution >= 0.6 is 11.6 Å². The third-order valence-electron chi connectivity index (χ3n) is 7.29. The second kappa shape index (κ2) is 12.9. The number of urea groups is 1. The van der Waals surface area contributed by atoms with E-state index in [9.17, 15) is 27.2 Å². The fraction of sp³-hybridized carbons (Fsp3) is 0.367. The van der Waals surface area contributed by atoms with Crippen molar-refractivity contribution in [1.82, 2.24) is 15.6 Å². The van der Waals surface area contributed by atoms with E-state index >= 15 is 0 Å². The molecule has 1 unspecified atom stereocenters. The zero-order valence-electron chi connectivity index (χ0n) is 22.3. The first kappa shape index (κ1) is 30.3. The van der Waals surface area contributed by atoms with Gasteiger partial charge in [0.25, 0.3) is 0 Å². The number of hydrogen-bond acceptors (Lipinski definition) is 4. The molecule has 1 saturated carbocycles. The molecule has 2 aromatic carbocycles. The van der Waals surface area contributed by atoms with Crippen LogP contribution in [0.1, 0.15) is 48.6 Å². The molecule has 0 radical (unpaired) electrons. The number of ether oxygens (including phenoxy) is 1. The second-order valence-electron chi connectivity index (χ2n) is 10.0. The number of nitrogens with one attached hydrogen (secondary N) is 2. The Morgan fingerprint density at radius 2 is 1.78 bits per heavy atom. The van der Waals surface area contributed by atoms with Gasteiger partial charge >= 0.3 is 18.2 Å². The molecule has 1 heterocycles. The van der Waals surface area contributed by atoms with Gasteiger partial charge in [0.15, 0.2) is 0 Å². The van der Waals surface area contributed by atoms with Crippen LogP contribution in [0.3, 0.4) is 0 Å². The maximum absolute atomic E-state index is 14.8. The summed E-state index contributed by atoms with van der Waals surface area (Å²) in [5.41, 5.74) is -2.27. The van der Waals surface area contributed by atoms with E-state index in [-0.39, 0.29) is 53.7 Å². The van der Waals surface area contributed by atoms with Gasteiger partial charge in [-0.05, 0) is 67.1 Å². The maximum Gasteiger partial charge on any atom is 0.416 e. The summed E-state index contributed by atoms with van der Waals surface area (Å²) in [7, 11) is 0. The smallest absolute Gasteiger partial charge is 0.416 e. The molecule has 4 rings (SSSR count). The zero-order valence-corrected chi connectivity index (χ0v) is 23.1. The predicted molar refractivity (Wildman–Crippen MR) is 146 cm³/mol. The number of benzene rings is 2. The Bertz CT molecular complexity index is 1360. The van der Waals surface area contributed by atoms with Crippen LogP contribution in [0.25, 0.3) is 0 Å². The standard InChI is InChI=1S/C30H30ClF4N3O3/c1-2-41-27(39)25-10-6-9-20(25)17-37-28(40)38-29(16-19-7-4-3-5-8-19,26-12-11-23(31)18-36-26)21-13-22(30(33,34)35)15-24(32)14-21/h3-5,7-8,11-15,18,20,25H,2,6,9-10,16-17H2,1H3,(H2,37,38,40)/t20?,25-,29+/m0/s1. The maximum atomic E-state index is 14.8. The van der Waals surface area contributed by atoms with Crippen LogP contribution in [-0.2, 0) is 27.7 Å². The SMILES string of the molecule is CCOC(=O)[C@H]1CCCC1CNC(=O)N[C@](Cc1ccccc1)(c1cc(F)cc(C(F)(F)F)c1)c1ccc(Cl)cn1. The quantitative estimate of drug-likeness (QED) is 0.215. The van der Waals surface area contributed by atoms with Crippen molar-refractivity contribution in [3.05, 3.63) is 100 Å². The molecule has 1 aliphatic carbocycles. The highest BCUT2D eigenvalue weighted by molar-refractivity contribution is 6.30. The third kappa shape index (κ3) is 7.35. The number of hydrogen-bond donors (Lipinski definition) is 2. The number of amides is 2. The molecule has 218 valence electrons. The molecule has 1 aliphatic rings. The van der Waals surface area contributed by atoms with Gasteiger partial charge in [-0.2, -0.15) is 13.2 Å². The van der Waals surface area contributed by atoms with Gasteiger partial charge in [-0.1, -0.05) is 48.4 Å². The minimum Gasteiger partial charge on any atom is -0.466 e. The topological polar surface area (TPSA) is 80.3 Å². The van der Waals surface area contributed by atoms with E-state index in [2.05, 4.69) is 15.6 Å². The minimum atomic E-state index is -4.84.